The van der Waals surface area contributed by atoms with Crippen LogP contribution in [0.2, 0.25) is 0 Å². The van der Waals surface area contributed by atoms with Gasteiger partial charge in [0.15, 0.2) is 0 Å². The Morgan fingerprint density at radius 2 is 1.78 bits per heavy atom. The van der Waals surface area contributed by atoms with E-state index in [4.69, 9.17) is 19.3 Å². The number of hydrogen-bond donors (Lipinski definition) is 1. The molecule has 0 aliphatic heterocycles. The average molecular weight is 346 g/mol. The lowest BCUT2D eigenvalue weighted by Crippen LogP contribution is -2.04. The van der Waals surface area contributed by atoms with Gasteiger partial charge in [0.05, 0.1) is 18.1 Å². The van der Waals surface area contributed by atoms with Gasteiger partial charge >= 0.3 is 7.82 Å². The molecule has 23 heavy (non-hydrogen) atoms. The number of unbranched alkanes of at least 4 members (excludes halogenated alkanes) is 3. The van der Waals surface area contributed by atoms with Crippen LogP contribution in [0.3, 0.4) is 0 Å². The van der Waals surface area contributed by atoms with Crippen molar-refractivity contribution >= 4 is 13.5 Å². The van der Waals surface area contributed by atoms with Crippen LogP contribution in [0, 0.1) is 10.1 Å². The van der Waals surface area contributed by atoms with Crippen LogP contribution in [0.25, 0.3) is 0 Å². The van der Waals surface area contributed by atoms with Gasteiger partial charge in [-0.2, -0.15) is 0 Å². The lowest BCUT2D eigenvalue weighted by atomic mass is 10.2. The normalized spacial score (nSPS) is 13.5. The summed E-state index contributed by atoms with van der Waals surface area (Å²) in [6.07, 6.45) is 3.58. The van der Waals surface area contributed by atoms with E-state index in [0.717, 1.165) is 25.7 Å². The highest BCUT2D eigenvalue weighted by molar-refractivity contribution is 7.48. The Labute approximate surface area is 135 Å². The largest absolute Gasteiger partial charge is 0.530 e. The summed E-state index contributed by atoms with van der Waals surface area (Å²) in [7, 11) is -3.73. The number of nitro benzene ring substituents is 1. The predicted molar refractivity (Wildman–Crippen MR) is 86.4 cm³/mol. The Morgan fingerprint density at radius 1 is 1.13 bits per heavy atom. The lowest BCUT2D eigenvalue weighted by molar-refractivity contribution is -0.384. The number of nitrogens with two attached hydrogens (primary N) is 1. The number of phosphoric acid groups is 1. The highest BCUT2D eigenvalue weighted by Gasteiger charge is 2.28. The minimum absolute atomic E-state index is 0.0792. The van der Waals surface area contributed by atoms with Gasteiger partial charge in [0.2, 0.25) is 0 Å². The molecule has 1 rings (SSSR count). The van der Waals surface area contributed by atoms with E-state index in [1.807, 2.05) is 0 Å². The van der Waals surface area contributed by atoms with E-state index in [2.05, 4.69) is 0 Å². The number of nitro groups is 1. The maximum Gasteiger partial charge on any atom is 0.530 e. The Morgan fingerprint density at radius 3 is 2.35 bits per heavy atom. The van der Waals surface area contributed by atoms with Crippen LogP contribution < -0.4 is 10.3 Å². The molecule has 2 N–H and O–H groups in total. The van der Waals surface area contributed by atoms with Crippen LogP contribution in [-0.2, 0) is 13.6 Å². The van der Waals surface area contributed by atoms with Crippen molar-refractivity contribution in [2.75, 3.05) is 19.8 Å². The summed E-state index contributed by atoms with van der Waals surface area (Å²) in [6.45, 7) is 2.74. The number of non-ortho nitro benzene ring substituents is 1. The molecule has 8 nitrogen and oxygen atoms in total. The van der Waals surface area contributed by atoms with E-state index >= 15 is 0 Å². The third-order valence-corrected chi connectivity index (χ3v) is 4.41. The first-order valence-electron chi connectivity index (χ1n) is 7.54. The topological polar surface area (TPSA) is 114 Å². The standard InChI is InChI=1S/C14H23N2O6P/c1-2-20-23(19,21-12-6-4-3-5-11-15)22-14-9-7-13(8-10-14)16(17)18/h7-10H,2-6,11-12,15H2,1H3. The van der Waals surface area contributed by atoms with E-state index in [9.17, 15) is 14.7 Å². The van der Waals surface area contributed by atoms with E-state index in [1.165, 1.54) is 24.3 Å². The predicted octanol–water partition coefficient (Wildman–Crippen LogP) is 3.65. The maximum atomic E-state index is 12.5. The first kappa shape index (κ1) is 19.6. The van der Waals surface area contributed by atoms with Crippen molar-refractivity contribution < 1.29 is 23.1 Å². The fraction of sp³-hybridized carbons (Fsp3) is 0.571. The van der Waals surface area contributed by atoms with E-state index in [1.54, 1.807) is 6.92 Å². The molecular formula is C14H23N2O6P. The zero-order valence-corrected chi connectivity index (χ0v) is 14.1. The molecule has 0 saturated heterocycles. The number of benzene rings is 1. The molecule has 0 radical (unpaired) electrons. The number of rotatable bonds is 12. The Hall–Kier alpha value is -1.47. The SMILES string of the molecule is CCOP(=O)(OCCCCCCN)Oc1ccc([N+](=O)[O-])cc1. The fourth-order valence-corrected chi connectivity index (χ4v) is 3.01. The fourth-order valence-electron chi connectivity index (χ4n) is 1.78. The summed E-state index contributed by atoms with van der Waals surface area (Å²) in [4.78, 5) is 10.1. The molecule has 0 spiro atoms. The summed E-state index contributed by atoms with van der Waals surface area (Å²) >= 11 is 0. The second-order valence-electron chi connectivity index (χ2n) is 4.74. The molecule has 0 fully saturated rings. The van der Waals surface area contributed by atoms with Crippen molar-refractivity contribution in [1.82, 2.24) is 0 Å². The maximum absolute atomic E-state index is 12.5. The molecule has 0 aliphatic carbocycles. The van der Waals surface area contributed by atoms with E-state index in [0.29, 0.717) is 6.54 Å². The van der Waals surface area contributed by atoms with Gasteiger partial charge in [0.1, 0.15) is 5.75 Å². The highest BCUT2D eigenvalue weighted by atomic mass is 31.2. The molecule has 1 aromatic rings. The van der Waals surface area contributed by atoms with Crippen molar-refractivity contribution in [3.05, 3.63) is 34.4 Å². The minimum atomic E-state index is -3.73. The second-order valence-corrected chi connectivity index (χ2v) is 6.34. The van der Waals surface area contributed by atoms with Crippen LogP contribution >= 0.6 is 7.82 Å². The molecule has 1 aromatic carbocycles. The number of hydrogen-bond acceptors (Lipinski definition) is 7. The average Bonchev–Trinajstić information content (AvgIpc) is 2.51. The van der Waals surface area contributed by atoms with Gasteiger partial charge in [-0.05, 0) is 38.4 Å². The van der Waals surface area contributed by atoms with E-state index in [-0.39, 0.29) is 24.7 Å². The van der Waals surface area contributed by atoms with Crippen molar-refractivity contribution in [2.45, 2.75) is 32.6 Å². The summed E-state index contributed by atoms with van der Waals surface area (Å²) in [5, 5.41) is 10.6. The molecule has 0 saturated carbocycles. The Balaban J connectivity index is 2.54. The summed E-state index contributed by atoms with van der Waals surface area (Å²) in [5.74, 6) is 0.190. The minimum Gasteiger partial charge on any atom is -0.404 e. The van der Waals surface area contributed by atoms with Crippen molar-refractivity contribution in [1.29, 1.82) is 0 Å². The lowest BCUT2D eigenvalue weighted by Gasteiger charge is -2.17. The van der Waals surface area contributed by atoms with Gasteiger partial charge < -0.3 is 10.3 Å². The van der Waals surface area contributed by atoms with Gasteiger partial charge in [0, 0.05) is 12.1 Å². The zero-order valence-electron chi connectivity index (χ0n) is 13.2. The molecular weight excluding hydrogens is 323 g/mol. The Kier molecular flexibility index (Phi) is 8.79. The molecule has 9 heteroatoms. The number of nitrogens with zero attached hydrogens (tertiary/aromatic N) is 1. The molecule has 1 unspecified atom stereocenters. The summed E-state index contributed by atoms with van der Waals surface area (Å²) in [5.41, 5.74) is 5.33. The molecule has 130 valence electrons. The van der Waals surface area contributed by atoms with Gasteiger partial charge in [0.25, 0.3) is 5.69 Å². The third-order valence-electron chi connectivity index (χ3n) is 2.90. The van der Waals surface area contributed by atoms with Crippen LogP contribution in [0.15, 0.2) is 24.3 Å². The van der Waals surface area contributed by atoms with Gasteiger partial charge in [-0.1, -0.05) is 12.8 Å². The molecule has 0 aliphatic rings. The van der Waals surface area contributed by atoms with Crippen LogP contribution in [0.1, 0.15) is 32.6 Å². The van der Waals surface area contributed by atoms with Crippen LogP contribution in [0.4, 0.5) is 5.69 Å². The van der Waals surface area contributed by atoms with Crippen molar-refractivity contribution in [2.24, 2.45) is 5.73 Å². The smallest absolute Gasteiger partial charge is 0.404 e. The van der Waals surface area contributed by atoms with Crippen molar-refractivity contribution in [3.8, 4) is 5.75 Å². The van der Waals surface area contributed by atoms with Gasteiger partial charge in [-0.3, -0.25) is 19.2 Å². The number of phosphoric ester groups is 1. The molecule has 0 bridgehead atoms. The first-order chi connectivity index (χ1) is 11.0. The molecule has 0 amide bonds. The summed E-state index contributed by atoms with van der Waals surface area (Å²) in [6, 6.07) is 5.24. The zero-order chi connectivity index (χ0) is 17.1. The van der Waals surface area contributed by atoms with Crippen LogP contribution in [-0.4, -0.2) is 24.7 Å². The Bertz CT molecular complexity index is 523. The van der Waals surface area contributed by atoms with Crippen LogP contribution in [0.5, 0.6) is 5.75 Å². The van der Waals surface area contributed by atoms with Crippen molar-refractivity contribution in [3.63, 3.8) is 0 Å². The first-order valence-corrected chi connectivity index (χ1v) is 9.00. The molecule has 0 heterocycles. The monoisotopic (exact) mass is 346 g/mol. The van der Waals surface area contributed by atoms with Gasteiger partial charge in [-0.25, -0.2) is 4.57 Å². The highest BCUT2D eigenvalue weighted by Crippen LogP contribution is 2.49. The van der Waals surface area contributed by atoms with E-state index < -0.39 is 12.7 Å². The molecule has 1 atom stereocenters. The second kappa shape index (κ2) is 10.3. The quantitative estimate of drug-likeness (QED) is 0.266. The van der Waals surface area contributed by atoms with Gasteiger partial charge in [-0.15, -0.1) is 0 Å². The summed E-state index contributed by atoms with van der Waals surface area (Å²) < 4.78 is 28.1. The molecule has 0 aromatic heterocycles. The third kappa shape index (κ3) is 7.56.